The van der Waals surface area contributed by atoms with Crippen molar-refractivity contribution in [3.8, 4) is 0 Å². The number of halogens is 1. The predicted molar refractivity (Wildman–Crippen MR) is 105 cm³/mol. The Morgan fingerprint density at radius 2 is 1.82 bits per heavy atom. The summed E-state index contributed by atoms with van der Waals surface area (Å²) in [6.07, 6.45) is -0.830. The first kappa shape index (κ1) is 18.9. The summed E-state index contributed by atoms with van der Waals surface area (Å²) >= 11 is 7.59. The maximum absolute atomic E-state index is 12.8. The van der Waals surface area contributed by atoms with Crippen molar-refractivity contribution in [3.63, 3.8) is 0 Å². The predicted octanol–water partition coefficient (Wildman–Crippen LogP) is 3.91. The number of carbonyl (C=O) groups excluding carboxylic acids is 2. The Bertz CT molecular complexity index is 992. The third-order valence-corrected chi connectivity index (χ3v) is 5.87. The quantitative estimate of drug-likeness (QED) is 0.701. The Morgan fingerprint density at radius 1 is 1.07 bits per heavy atom. The summed E-state index contributed by atoms with van der Waals surface area (Å²) < 4.78 is 16.2. The number of methoxy groups -OCH3 is 2. The maximum atomic E-state index is 12.8. The monoisotopic (exact) mass is 417 g/mol. The van der Waals surface area contributed by atoms with Crippen LogP contribution < -0.4 is 4.90 Å². The number of esters is 2. The van der Waals surface area contributed by atoms with Crippen LogP contribution in [-0.4, -0.2) is 31.7 Å². The normalized spacial score (nSPS) is 20.5. The van der Waals surface area contributed by atoms with Crippen LogP contribution in [0.25, 0.3) is 0 Å². The van der Waals surface area contributed by atoms with E-state index in [1.807, 2.05) is 24.3 Å². The summed E-state index contributed by atoms with van der Waals surface area (Å²) in [5.74, 6) is -1.31. The molecule has 2 aliphatic heterocycles. The van der Waals surface area contributed by atoms with Gasteiger partial charge >= 0.3 is 11.9 Å². The molecule has 0 aliphatic carbocycles. The van der Waals surface area contributed by atoms with Gasteiger partial charge in [-0.3, -0.25) is 4.90 Å². The minimum Gasteiger partial charge on any atom is -0.466 e. The van der Waals surface area contributed by atoms with E-state index in [4.69, 9.17) is 25.8 Å². The summed E-state index contributed by atoms with van der Waals surface area (Å²) in [7, 11) is 2.54. The fourth-order valence-corrected chi connectivity index (χ4v) is 4.67. The number of fused-ring (bicyclic) bond motifs is 3. The number of hydrogen-bond donors (Lipinski definition) is 0. The lowest BCUT2D eigenvalue weighted by atomic mass is 9.97. The summed E-state index contributed by atoms with van der Waals surface area (Å²) in [6, 6.07) is 14.5. The van der Waals surface area contributed by atoms with Crippen LogP contribution >= 0.6 is 23.4 Å². The molecule has 0 amide bonds. The highest BCUT2D eigenvalue weighted by molar-refractivity contribution is 8.00. The molecule has 0 radical (unpaired) electrons. The maximum Gasteiger partial charge on any atom is 0.355 e. The third-order valence-electron chi connectivity index (χ3n) is 4.51. The van der Waals surface area contributed by atoms with Crippen molar-refractivity contribution >= 4 is 41.0 Å². The number of anilines is 1. The standard InChI is InChI=1S/C20H16ClNO5S/c1-25-18(23)15-16(19(24)26-2)22-13-8-3-4-9-14(13)28-20(22)27-17(15)11-6-5-7-12(21)10-11/h3-10,17,20H,1-2H3/t17-,20-/m1/s1. The van der Waals surface area contributed by atoms with Gasteiger partial charge in [0.05, 0.1) is 19.9 Å². The van der Waals surface area contributed by atoms with E-state index < -0.39 is 23.6 Å². The fourth-order valence-electron chi connectivity index (χ4n) is 3.32. The molecule has 2 aromatic carbocycles. The highest BCUT2D eigenvalue weighted by atomic mass is 35.5. The van der Waals surface area contributed by atoms with Crippen LogP contribution in [0.15, 0.2) is 64.7 Å². The van der Waals surface area contributed by atoms with Crippen LogP contribution in [0.2, 0.25) is 5.02 Å². The molecule has 0 unspecified atom stereocenters. The average molecular weight is 418 g/mol. The highest BCUT2D eigenvalue weighted by Gasteiger charge is 2.47. The van der Waals surface area contributed by atoms with E-state index in [1.165, 1.54) is 26.0 Å². The summed E-state index contributed by atoms with van der Waals surface area (Å²) in [4.78, 5) is 28.1. The minimum absolute atomic E-state index is 0.0742. The van der Waals surface area contributed by atoms with Crippen LogP contribution in [0, 0.1) is 0 Å². The van der Waals surface area contributed by atoms with Crippen LogP contribution in [0.1, 0.15) is 11.7 Å². The second-order valence-corrected chi connectivity index (χ2v) is 7.59. The van der Waals surface area contributed by atoms with Gasteiger partial charge in [-0.25, -0.2) is 9.59 Å². The third kappa shape index (κ3) is 3.05. The van der Waals surface area contributed by atoms with Crippen LogP contribution in [0.4, 0.5) is 5.69 Å². The van der Waals surface area contributed by atoms with Crippen LogP contribution in [0.5, 0.6) is 0 Å². The van der Waals surface area contributed by atoms with Gasteiger partial charge in [0.1, 0.15) is 17.4 Å². The number of rotatable bonds is 3. The molecule has 2 heterocycles. The molecular formula is C20H16ClNO5S. The first-order chi connectivity index (χ1) is 13.5. The number of hydrogen-bond acceptors (Lipinski definition) is 7. The number of nitrogens with zero attached hydrogens (tertiary/aromatic N) is 1. The lowest BCUT2D eigenvalue weighted by Crippen LogP contribution is -2.43. The molecule has 0 spiro atoms. The molecule has 0 aromatic heterocycles. The van der Waals surface area contributed by atoms with E-state index in [1.54, 1.807) is 29.2 Å². The number of carbonyl (C=O) groups is 2. The first-order valence-electron chi connectivity index (χ1n) is 8.41. The first-order valence-corrected chi connectivity index (χ1v) is 9.67. The number of benzene rings is 2. The van der Waals surface area contributed by atoms with Gasteiger partial charge in [-0.15, -0.1) is 0 Å². The van der Waals surface area contributed by atoms with Crippen molar-refractivity contribution in [1.29, 1.82) is 0 Å². The van der Waals surface area contributed by atoms with Crippen LogP contribution in [-0.2, 0) is 23.8 Å². The second kappa shape index (κ2) is 7.50. The smallest absolute Gasteiger partial charge is 0.355 e. The van der Waals surface area contributed by atoms with Crippen molar-refractivity contribution in [1.82, 2.24) is 0 Å². The van der Waals surface area contributed by atoms with E-state index >= 15 is 0 Å². The minimum atomic E-state index is -0.830. The van der Waals surface area contributed by atoms with Gasteiger partial charge in [-0.2, -0.15) is 0 Å². The molecule has 28 heavy (non-hydrogen) atoms. The Hall–Kier alpha value is -2.48. The summed E-state index contributed by atoms with van der Waals surface area (Å²) in [6.45, 7) is 0. The van der Waals surface area contributed by atoms with Gasteiger partial charge in [0.15, 0.2) is 5.56 Å². The molecule has 6 nitrogen and oxygen atoms in total. The van der Waals surface area contributed by atoms with Crippen molar-refractivity contribution in [2.45, 2.75) is 16.6 Å². The highest BCUT2D eigenvalue weighted by Crippen LogP contribution is 2.52. The Labute approximate surface area is 171 Å². The van der Waals surface area contributed by atoms with E-state index in [2.05, 4.69) is 0 Å². The molecule has 0 saturated heterocycles. The van der Waals surface area contributed by atoms with Gasteiger partial charge in [-0.05, 0) is 29.8 Å². The van der Waals surface area contributed by atoms with Crippen molar-refractivity contribution in [3.05, 3.63) is 70.4 Å². The molecule has 144 valence electrons. The lowest BCUT2D eigenvalue weighted by molar-refractivity contribution is -0.142. The van der Waals surface area contributed by atoms with Crippen LogP contribution in [0.3, 0.4) is 0 Å². The van der Waals surface area contributed by atoms with Gasteiger partial charge < -0.3 is 14.2 Å². The number of ether oxygens (including phenoxy) is 3. The molecule has 0 saturated carbocycles. The zero-order valence-electron chi connectivity index (χ0n) is 15.0. The lowest BCUT2D eigenvalue weighted by Gasteiger charge is -2.37. The van der Waals surface area contributed by atoms with Crippen molar-refractivity contribution < 1.29 is 23.8 Å². The van der Waals surface area contributed by atoms with Gasteiger partial charge in [0.25, 0.3) is 0 Å². The van der Waals surface area contributed by atoms with Crippen molar-refractivity contribution in [2.24, 2.45) is 0 Å². The zero-order valence-corrected chi connectivity index (χ0v) is 16.6. The zero-order chi connectivity index (χ0) is 19.8. The molecule has 0 bridgehead atoms. The molecule has 0 N–H and O–H groups in total. The summed E-state index contributed by atoms with van der Waals surface area (Å²) in [5.41, 5.74) is 1.05. The van der Waals surface area contributed by atoms with Gasteiger partial charge in [0.2, 0.25) is 0 Å². The molecule has 2 aliphatic rings. The average Bonchev–Trinajstić information content (AvgIpc) is 3.09. The SMILES string of the molecule is COC(=O)C1=C(C(=O)OC)N2c3ccccc3S[C@H]2O[C@@H]1c1cccc(Cl)c1. The van der Waals surface area contributed by atoms with E-state index in [9.17, 15) is 9.59 Å². The molecule has 8 heteroatoms. The van der Waals surface area contributed by atoms with E-state index in [0.29, 0.717) is 10.6 Å². The largest absolute Gasteiger partial charge is 0.466 e. The number of thioether (sulfide) groups is 1. The van der Waals surface area contributed by atoms with E-state index in [-0.39, 0.29) is 11.3 Å². The Morgan fingerprint density at radius 3 is 2.54 bits per heavy atom. The fraction of sp³-hybridized carbons (Fsp3) is 0.200. The molecular weight excluding hydrogens is 402 g/mol. The number of para-hydroxylation sites is 1. The molecule has 2 atom stereocenters. The van der Waals surface area contributed by atoms with Gasteiger partial charge in [0, 0.05) is 9.92 Å². The Kier molecular flexibility index (Phi) is 5.05. The van der Waals surface area contributed by atoms with Gasteiger partial charge in [-0.1, -0.05) is 47.6 Å². The molecule has 2 aromatic rings. The molecule has 0 fully saturated rings. The van der Waals surface area contributed by atoms with E-state index in [0.717, 1.165) is 10.6 Å². The van der Waals surface area contributed by atoms with Crippen molar-refractivity contribution in [2.75, 3.05) is 19.1 Å². The molecule has 4 rings (SSSR count). The summed E-state index contributed by atoms with van der Waals surface area (Å²) in [5, 5.41) is 0.495. The second-order valence-electron chi connectivity index (χ2n) is 6.08. The topological polar surface area (TPSA) is 65.1 Å². The Balaban J connectivity index is 1.95.